The van der Waals surface area contributed by atoms with Crippen LogP contribution in [0.1, 0.15) is 27.6 Å². The standard InChI is InChI=1S/C20H22FN5O2/c21-17-4-2-1-3-15(17)13-25-9-6-19-24-23-18(26(19)11-10-25)5-8-22-20(27)16-7-12-28-14-16/h1-4,7,12,14H,5-6,8-11,13H2,(H,22,27). The predicted molar refractivity (Wildman–Crippen MR) is 100 cm³/mol. The van der Waals surface area contributed by atoms with E-state index in [-0.39, 0.29) is 11.7 Å². The van der Waals surface area contributed by atoms with E-state index in [1.165, 1.54) is 18.6 Å². The summed E-state index contributed by atoms with van der Waals surface area (Å²) in [6.45, 7) is 3.42. The fourth-order valence-electron chi connectivity index (χ4n) is 3.42. The number of hydrogen-bond acceptors (Lipinski definition) is 5. The number of carbonyl (C=O) groups excluding carboxylic acids is 1. The summed E-state index contributed by atoms with van der Waals surface area (Å²) in [5.74, 6) is 1.46. The van der Waals surface area contributed by atoms with Crippen LogP contribution in [0.2, 0.25) is 0 Å². The molecule has 4 rings (SSSR count). The van der Waals surface area contributed by atoms with Gasteiger partial charge < -0.3 is 14.3 Å². The summed E-state index contributed by atoms with van der Waals surface area (Å²) in [6.07, 6.45) is 4.26. The minimum absolute atomic E-state index is 0.166. The lowest BCUT2D eigenvalue weighted by molar-refractivity contribution is 0.0953. The maximum absolute atomic E-state index is 13.9. The maximum atomic E-state index is 13.9. The number of aromatic nitrogens is 3. The van der Waals surface area contributed by atoms with Gasteiger partial charge in [-0.15, -0.1) is 10.2 Å². The molecule has 0 spiro atoms. The molecule has 0 radical (unpaired) electrons. The van der Waals surface area contributed by atoms with Crippen molar-refractivity contribution in [3.8, 4) is 0 Å². The SMILES string of the molecule is O=C(NCCc1nnc2n1CCN(Cc1ccccc1F)CC2)c1ccoc1. The van der Waals surface area contributed by atoms with Crippen LogP contribution in [-0.4, -0.2) is 45.2 Å². The van der Waals surface area contributed by atoms with E-state index in [9.17, 15) is 9.18 Å². The molecule has 0 aliphatic carbocycles. The van der Waals surface area contributed by atoms with Crippen molar-refractivity contribution in [2.75, 3.05) is 19.6 Å². The number of rotatable bonds is 6. The molecular weight excluding hydrogens is 361 g/mol. The second-order valence-corrected chi connectivity index (χ2v) is 6.82. The minimum Gasteiger partial charge on any atom is -0.472 e. The van der Waals surface area contributed by atoms with Gasteiger partial charge in [-0.2, -0.15) is 0 Å². The van der Waals surface area contributed by atoms with Crippen LogP contribution in [-0.2, 0) is 25.9 Å². The van der Waals surface area contributed by atoms with Crippen LogP contribution in [0.5, 0.6) is 0 Å². The molecule has 8 heteroatoms. The molecule has 0 fully saturated rings. The van der Waals surface area contributed by atoms with Gasteiger partial charge in [-0.05, 0) is 12.1 Å². The van der Waals surface area contributed by atoms with E-state index in [1.54, 1.807) is 12.1 Å². The predicted octanol–water partition coefficient (Wildman–Crippen LogP) is 2.04. The van der Waals surface area contributed by atoms with Crippen LogP contribution >= 0.6 is 0 Å². The Hall–Kier alpha value is -3.00. The fourth-order valence-corrected chi connectivity index (χ4v) is 3.42. The van der Waals surface area contributed by atoms with Crippen molar-refractivity contribution in [3.63, 3.8) is 0 Å². The molecule has 2 aromatic heterocycles. The van der Waals surface area contributed by atoms with E-state index in [4.69, 9.17) is 4.42 Å². The Morgan fingerprint density at radius 2 is 2.07 bits per heavy atom. The van der Waals surface area contributed by atoms with Gasteiger partial charge in [-0.1, -0.05) is 18.2 Å². The Morgan fingerprint density at radius 3 is 2.89 bits per heavy atom. The molecule has 0 atom stereocenters. The number of carbonyl (C=O) groups is 1. The number of amides is 1. The second kappa shape index (κ2) is 8.35. The van der Waals surface area contributed by atoms with Crippen LogP contribution in [0.25, 0.3) is 0 Å². The summed E-state index contributed by atoms with van der Waals surface area (Å²) in [5.41, 5.74) is 1.21. The quantitative estimate of drug-likeness (QED) is 0.705. The van der Waals surface area contributed by atoms with Gasteiger partial charge in [0, 0.05) is 51.1 Å². The first kappa shape index (κ1) is 18.4. The highest BCUT2D eigenvalue weighted by molar-refractivity contribution is 5.93. The molecule has 1 aromatic carbocycles. The molecule has 1 aliphatic heterocycles. The van der Waals surface area contributed by atoms with Crippen LogP contribution in [0.15, 0.2) is 47.3 Å². The summed E-state index contributed by atoms with van der Waals surface area (Å²) in [7, 11) is 0. The zero-order valence-corrected chi connectivity index (χ0v) is 15.5. The van der Waals surface area contributed by atoms with E-state index in [0.29, 0.717) is 30.6 Å². The third-order valence-electron chi connectivity index (χ3n) is 4.96. The second-order valence-electron chi connectivity index (χ2n) is 6.82. The molecule has 28 heavy (non-hydrogen) atoms. The number of fused-ring (bicyclic) bond motifs is 1. The summed E-state index contributed by atoms with van der Waals surface area (Å²) in [5, 5.41) is 11.5. The largest absolute Gasteiger partial charge is 0.472 e. The number of halogens is 1. The summed E-state index contributed by atoms with van der Waals surface area (Å²) >= 11 is 0. The average Bonchev–Trinajstić information content (AvgIpc) is 3.32. The monoisotopic (exact) mass is 383 g/mol. The zero-order valence-electron chi connectivity index (χ0n) is 15.5. The maximum Gasteiger partial charge on any atom is 0.254 e. The third kappa shape index (κ3) is 4.12. The molecule has 3 aromatic rings. The highest BCUT2D eigenvalue weighted by Crippen LogP contribution is 2.14. The Morgan fingerprint density at radius 1 is 1.18 bits per heavy atom. The number of hydrogen-bond donors (Lipinski definition) is 1. The third-order valence-corrected chi connectivity index (χ3v) is 4.96. The van der Waals surface area contributed by atoms with Gasteiger partial charge >= 0.3 is 0 Å². The number of nitrogens with zero attached hydrogens (tertiary/aromatic N) is 4. The van der Waals surface area contributed by atoms with Crippen molar-refractivity contribution in [2.45, 2.75) is 25.9 Å². The molecule has 0 unspecified atom stereocenters. The van der Waals surface area contributed by atoms with Crippen LogP contribution in [0.4, 0.5) is 4.39 Å². The lowest BCUT2D eigenvalue weighted by atomic mass is 10.2. The molecule has 0 saturated carbocycles. The first-order valence-corrected chi connectivity index (χ1v) is 9.38. The Balaban J connectivity index is 1.33. The fraction of sp³-hybridized carbons (Fsp3) is 0.350. The van der Waals surface area contributed by atoms with Gasteiger partial charge in [0.1, 0.15) is 23.7 Å². The smallest absolute Gasteiger partial charge is 0.254 e. The summed E-state index contributed by atoms with van der Waals surface area (Å²) < 4.78 is 21.0. The van der Waals surface area contributed by atoms with Crippen molar-refractivity contribution >= 4 is 5.91 Å². The van der Waals surface area contributed by atoms with Gasteiger partial charge in [0.2, 0.25) is 0 Å². The molecule has 1 N–H and O–H groups in total. The van der Waals surface area contributed by atoms with Crippen molar-refractivity contribution in [1.29, 1.82) is 0 Å². The molecule has 1 amide bonds. The van der Waals surface area contributed by atoms with E-state index in [1.807, 2.05) is 12.1 Å². The van der Waals surface area contributed by atoms with Crippen LogP contribution in [0.3, 0.4) is 0 Å². The van der Waals surface area contributed by atoms with Gasteiger partial charge in [-0.25, -0.2) is 4.39 Å². The number of nitrogens with one attached hydrogen (secondary N) is 1. The minimum atomic E-state index is -0.166. The highest BCUT2D eigenvalue weighted by Gasteiger charge is 2.19. The lowest BCUT2D eigenvalue weighted by Crippen LogP contribution is -2.28. The van der Waals surface area contributed by atoms with E-state index in [0.717, 1.165) is 37.7 Å². The molecule has 0 bridgehead atoms. The Kier molecular flexibility index (Phi) is 5.48. The molecular formula is C20H22FN5O2. The van der Waals surface area contributed by atoms with Gasteiger partial charge in [0.25, 0.3) is 5.91 Å². The van der Waals surface area contributed by atoms with E-state index >= 15 is 0 Å². The normalized spacial score (nSPS) is 14.5. The van der Waals surface area contributed by atoms with Crippen molar-refractivity contribution in [3.05, 3.63) is 71.5 Å². The van der Waals surface area contributed by atoms with Gasteiger partial charge in [0.15, 0.2) is 0 Å². The van der Waals surface area contributed by atoms with Crippen molar-refractivity contribution < 1.29 is 13.6 Å². The number of furan rings is 1. The van der Waals surface area contributed by atoms with Crippen molar-refractivity contribution in [1.82, 2.24) is 25.0 Å². The molecule has 0 saturated heterocycles. The highest BCUT2D eigenvalue weighted by atomic mass is 19.1. The topological polar surface area (TPSA) is 76.2 Å². The lowest BCUT2D eigenvalue weighted by Gasteiger charge is -2.20. The Labute approximate surface area is 162 Å². The molecule has 7 nitrogen and oxygen atoms in total. The molecule has 146 valence electrons. The zero-order chi connectivity index (χ0) is 19.3. The van der Waals surface area contributed by atoms with Gasteiger partial charge in [-0.3, -0.25) is 9.69 Å². The van der Waals surface area contributed by atoms with Crippen LogP contribution < -0.4 is 5.32 Å². The summed E-state index contributed by atoms with van der Waals surface area (Å²) in [4.78, 5) is 14.2. The van der Waals surface area contributed by atoms with E-state index in [2.05, 4.69) is 25.0 Å². The van der Waals surface area contributed by atoms with Crippen molar-refractivity contribution in [2.24, 2.45) is 0 Å². The summed E-state index contributed by atoms with van der Waals surface area (Å²) in [6, 6.07) is 8.52. The van der Waals surface area contributed by atoms with Crippen LogP contribution in [0, 0.1) is 5.82 Å². The first-order chi connectivity index (χ1) is 13.7. The van der Waals surface area contributed by atoms with E-state index < -0.39 is 0 Å². The first-order valence-electron chi connectivity index (χ1n) is 9.38. The molecule has 1 aliphatic rings. The molecule has 3 heterocycles. The number of benzene rings is 1. The average molecular weight is 383 g/mol. The Bertz CT molecular complexity index is 938. The van der Waals surface area contributed by atoms with Gasteiger partial charge in [0.05, 0.1) is 11.8 Å².